The lowest BCUT2D eigenvalue weighted by Gasteiger charge is -2.16. The Labute approximate surface area is 180 Å². The van der Waals surface area contributed by atoms with E-state index in [9.17, 15) is 9.90 Å². The average Bonchev–Trinajstić information content (AvgIpc) is 2.71. The Kier molecular flexibility index (Phi) is 21.1. The summed E-state index contributed by atoms with van der Waals surface area (Å²) in [7, 11) is 2.06. The lowest BCUT2D eigenvalue weighted by atomic mass is 10.1. The number of hydrogen-bond acceptors (Lipinski definition) is 4. The molecule has 0 aromatic heterocycles. The van der Waals surface area contributed by atoms with E-state index in [4.69, 9.17) is 5.73 Å². The first kappa shape index (κ1) is 28.1. The van der Waals surface area contributed by atoms with Gasteiger partial charge in [0.15, 0.2) is 0 Å². The van der Waals surface area contributed by atoms with Crippen LogP contribution in [0.25, 0.3) is 0 Å². The van der Waals surface area contributed by atoms with Crippen molar-refractivity contribution in [1.82, 2.24) is 10.2 Å². The topological polar surface area (TPSA) is 78.6 Å². The smallest absolute Gasteiger partial charge is 0.220 e. The van der Waals surface area contributed by atoms with Crippen LogP contribution in [-0.4, -0.2) is 55.2 Å². The Morgan fingerprint density at radius 1 is 1.00 bits per heavy atom. The number of likely N-dealkylation sites (N-methyl/N-ethyl adjacent to an activating group) is 1. The van der Waals surface area contributed by atoms with E-state index in [0.717, 1.165) is 71.1 Å². The fourth-order valence-corrected chi connectivity index (χ4v) is 3.32. The molecule has 1 atom stereocenters. The fraction of sp³-hybridized carbons (Fsp3) is 0.875. The van der Waals surface area contributed by atoms with E-state index in [1.807, 2.05) is 0 Å². The quantitative estimate of drug-likeness (QED) is 0.193. The minimum Gasteiger partial charge on any atom is -0.393 e. The minimum atomic E-state index is -0.166. The molecule has 0 aliphatic carbocycles. The normalized spacial score (nSPS) is 12.7. The van der Waals surface area contributed by atoms with Crippen molar-refractivity contribution in [3.63, 3.8) is 0 Å². The van der Waals surface area contributed by atoms with Crippen molar-refractivity contribution < 1.29 is 9.90 Å². The highest BCUT2D eigenvalue weighted by Crippen LogP contribution is 2.10. The summed E-state index contributed by atoms with van der Waals surface area (Å²) in [5.74, 6) is 0.174. The van der Waals surface area contributed by atoms with Gasteiger partial charge in [-0.15, -0.1) is 0 Å². The largest absolute Gasteiger partial charge is 0.393 e. The molecular formula is C24H49N3O2. The molecule has 4 N–H and O–H groups in total. The number of carbonyl (C=O) groups is 1. The van der Waals surface area contributed by atoms with E-state index in [0.29, 0.717) is 6.42 Å². The van der Waals surface area contributed by atoms with Gasteiger partial charge < -0.3 is 21.1 Å². The number of unbranched alkanes of at least 4 members (excludes halogenated alkanes) is 8. The molecule has 0 fully saturated rings. The molecule has 0 aliphatic heterocycles. The van der Waals surface area contributed by atoms with Crippen LogP contribution < -0.4 is 11.1 Å². The van der Waals surface area contributed by atoms with Crippen molar-refractivity contribution in [2.24, 2.45) is 5.73 Å². The monoisotopic (exact) mass is 411 g/mol. The third kappa shape index (κ3) is 21.6. The first-order valence-electron chi connectivity index (χ1n) is 12.1. The summed E-state index contributed by atoms with van der Waals surface area (Å²) >= 11 is 0. The van der Waals surface area contributed by atoms with Crippen molar-refractivity contribution in [1.29, 1.82) is 0 Å². The van der Waals surface area contributed by atoms with Crippen LogP contribution in [0.4, 0.5) is 0 Å². The number of aliphatic hydroxyl groups is 1. The van der Waals surface area contributed by atoms with Gasteiger partial charge in [-0.05, 0) is 58.7 Å². The van der Waals surface area contributed by atoms with Crippen molar-refractivity contribution in [2.45, 2.75) is 103 Å². The first-order chi connectivity index (χ1) is 14.1. The zero-order valence-electron chi connectivity index (χ0n) is 19.3. The molecule has 0 radical (unpaired) electrons. The van der Waals surface area contributed by atoms with Crippen LogP contribution in [0.2, 0.25) is 0 Å². The Balaban J connectivity index is 3.38. The van der Waals surface area contributed by atoms with Crippen LogP contribution in [0.1, 0.15) is 96.8 Å². The summed E-state index contributed by atoms with van der Waals surface area (Å²) in [6.45, 7) is 5.52. The molecule has 0 rings (SSSR count). The molecule has 0 bridgehead atoms. The lowest BCUT2D eigenvalue weighted by molar-refractivity contribution is -0.121. The second-order valence-corrected chi connectivity index (χ2v) is 8.31. The summed E-state index contributed by atoms with van der Waals surface area (Å²) in [6, 6.07) is 0. The summed E-state index contributed by atoms with van der Waals surface area (Å²) in [4.78, 5) is 14.0. The van der Waals surface area contributed by atoms with Crippen molar-refractivity contribution >= 4 is 5.91 Å². The molecule has 0 spiro atoms. The van der Waals surface area contributed by atoms with Crippen LogP contribution in [0, 0.1) is 0 Å². The molecule has 0 aromatic carbocycles. The predicted molar refractivity (Wildman–Crippen MR) is 125 cm³/mol. The summed E-state index contributed by atoms with van der Waals surface area (Å²) in [6.07, 6.45) is 19.3. The summed E-state index contributed by atoms with van der Waals surface area (Å²) in [5, 5.41) is 12.9. The molecule has 0 heterocycles. The van der Waals surface area contributed by atoms with Crippen molar-refractivity contribution in [2.75, 3.05) is 33.2 Å². The molecule has 172 valence electrons. The molecule has 0 aliphatic rings. The van der Waals surface area contributed by atoms with Crippen molar-refractivity contribution in [3.05, 3.63) is 12.2 Å². The number of aliphatic hydroxyl groups excluding tert-OH is 1. The minimum absolute atomic E-state index is 0.166. The Bertz CT molecular complexity index is 388. The number of nitrogens with zero attached hydrogens (tertiary/aromatic N) is 1. The van der Waals surface area contributed by atoms with Gasteiger partial charge in [-0.25, -0.2) is 0 Å². The van der Waals surface area contributed by atoms with E-state index < -0.39 is 0 Å². The maximum atomic E-state index is 11.8. The van der Waals surface area contributed by atoms with Crippen molar-refractivity contribution in [3.8, 4) is 0 Å². The van der Waals surface area contributed by atoms with Crippen LogP contribution in [0.5, 0.6) is 0 Å². The van der Waals surface area contributed by atoms with Gasteiger partial charge in [-0.2, -0.15) is 0 Å². The SMILES string of the molecule is CCCCCC[C@@H](O)C/C=C\CCCCCCCC(=O)NCCN(C)CCCN. The molecular weight excluding hydrogens is 362 g/mol. The summed E-state index contributed by atoms with van der Waals surface area (Å²) < 4.78 is 0. The average molecular weight is 412 g/mol. The van der Waals surface area contributed by atoms with Gasteiger partial charge in [0, 0.05) is 19.5 Å². The highest BCUT2D eigenvalue weighted by molar-refractivity contribution is 5.75. The zero-order valence-corrected chi connectivity index (χ0v) is 19.3. The van der Waals surface area contributed by atoms with Gasteiger partial charge in [0.2, 0.25) is 5.91 Å². The van der Waals surface area contributed by atoms with E-state index in [1.165, 1.54) is 38.5 Å². The number of carbonyl (C=O) groups excluding carboxylic acids is 1. The number of amides is 1. The Hall–Kier alpha value is -0.910. The van der Waals surface area contributed by atoms with Crippen LogP contribution >= 0.6 is 0 Å². The Morgan fingerprint density at radius 3 is 2.48 bits per heavy atom. The molecule has 0 saturated heterocycles. The molecule has 5 heteroatoms. The number of hydrogen-bond donors (Lipinski definition) is 3. The van der Waals surface area contributed by atoms with Gasteiger partial charge in [-0.3, -0.25) is 4.79 Å². The van der Waals surface area contributed by atoms with E-state index in [1.54, 1.807) is 0 Å². The second kappa shape index (κ2) is 21.8. The maximum Gasteiger partial charge on any atom is 0.220 e. The summed E-state index contributed by atoms with van der Waals surface area (Å²) in [5.41, 5.74) is 5.50. The molecule has 0 aromatic rings. The van der Waals surface area contributed by atoms with E-state index >= 15 is 0 Å². The van der Waals surface area contributed by atoms with Crippen LogP contribution in [-0.2, 0) is 4.79 Å². The van der Waals surface area contributed by atoms with Gasteiger partial charge in [0.25, 0.3) is 0 Å². The van der Waals surface area contributed by atoms with E-state index in [-0.39, 0.29) is 12.0 Å². The third-order valence-electron chi connectivity index (χ3n) is 5.30. The second-order valence-electron chi connectivity index (χ2n) is 8.31. The number of nitrogens with one attached hydrogen (secondary N) is 1. The molecule has 1 amide bonds. The lowest BCUT2D eigenvalue weighted by Crippen LogP contribution is -2.33. The Morgan fingerprint density at radius 2 is 1.72 bits per heavy atom. The predicted octanol–water partition coefficient (Wildman–Crippen LogP) is 4.39. The molecule has 0 saturated carbocycles. The van der Waals surface area contributed by atoms with Gasteiger partial charge in [-0.1, -0.05) is 64.0 Å². The van der Waals surface area contributed by atoms with E-state index in [2.05, 4.69) is 36.3 Å². The van der Waals surface area contributed by atoms with Gasteiger partial charge >= 0.3 is 0 Å². The van der Waals surface area contributed by atoms with Gasteiger partial charge in [0.05, 0.1) is 6.10 Å². The standard InChI is InChI=1S/C24H49N3O2/c1-3-4-5-12-16-23(28)17-13-10-8-6-7-9-11-14-18-24(29)26-20-22-27(2)21-15-19-25/h10,13,23,28H,3-9,11-12,14-22,25H2,1-2H3,(H,26,29)/b13-10-/t23-/m1/s1. The molecule has 0 unspecified atom stereocenters. The zero-order chi connectivity index (χ0) is 21.6. The van der Waals surface area contributed by atoms with Crippen LogP contribution in [0.3, 0.4) is 0 Å². The van der Waals surface area contributed by atoms with Gasteiger partial charge in [0.1, 0.15) is 0 Å². The number of nitrogens with two attached hydrogens (primary N) is 1. The fourth-order valence-electron chi connectivity index (χ4n) is 3.32. The highest BCUT2D eigenvalue weighted by atomic mass is 16.3. The molecule has 29 heavy (non-hydrogen) atoms. The third-order valence-corrected chi connectivity index (χ3v) is 5.30. The first-order valence-corrected chi connectivity index (χ1v) is 12.1. The number of allylic oxidation sites excluding steroid dienone is 1. The highest BCUT2D eigenvalue weighted by Gasteiger charge is 2.03. The maximum absolute atomic E-state index is 11.8. The molecule has 5 nitrogen and oxygen atoms in total. The number of rotatable bonds is 21. The van der Waals surface area contributed by atoms with Crippen LogP contribution in [0.15, 0.2) is 12.2 Å².